The number of aliphatic hydroxyl groups excluding tert-OH is 1. The molecule has 0 aliphatic heterocycles. The summed E-state index contributed by atoms with van der Waals surface area (Å²) in [5.74, 6) is 2.27. The van der Waals surface area contributed by atoms with Crippen LogP contribution in [0.25, 0.3) is 0 Å². The fourth-order valence-electron chi connectivity index (χ4n) is 1.70. The van der Waals surface area contributed by atoms with Crippen molar-refractivity contribution in [1.29, 1.82) is 0 Å². The Morgan fingerprint density at radius 1 is 1.38 bits per heavy atom. The third kappa shape index (κ3) is 3.02. The zero-order valence-electron chi connectivity index (χ0n) is 10.6. The van der Waals surface area contributed by atoms with Crippen LogP contribution in [0.5, 0.6) is 0 Å². The number of aryl methyl sites for hydroxylation is 1. The molecule has 92 valence electrons. The first-order valence-electron chi connectivity index (χ1n) is 5.83. The van der Waals surface area contributed by atoms with E-state index >= 15 is 0 Å². The van der Waals surface area contributed by atoms with Crippen LogP contribution in [0.15, 0.2) is 0 Å². The van der Waals surface area contributed by atoms with E-state index in [1.807, 2.05) is 6.92 Å². The molecule has 1 aromatic heterocycles. The highest BCUT2D eigenvalue weighted by molar-refractivity contribution is 4.93. The number of hydrogen-bond acceptors (Lipinski definition) is 4. The highest BCUT2D eigenvalue weighted by Gasteiger charge is 2.13. The molecule has 5 heteroatoms. The van der Waals surface area contributed by atoms with Gasteiger partial charge in [-0.05, 0) is 19.8 Å². The minimum atomic E-state index is 0.113. The second-order valence-corrected chi connectivity index (χ2v) is 4.32. The van der Waals surface area contributed by atoms with Gasteiger partial charge in [-0.15, -0.1) is 10.2 Å². The molecule has 0 aliphatic carbocycles. The first-order chi connectivity index (χ1) is 7.60. The summed E-state index contributed by atoms with van der Waals surface area (Å²) < 4.78 is 2.07. The molecule has 0 aromatic carbocycles. The summed E-state index contributed by atoms with van der Waals surface area (Å²) in [6, 6.07) is 0.113. The van der Waals surface area contributed by atoms with Crippen LogP contribution in [0.2, 0.25) is 0 Å². The zero-order valence-corrected chi connectivity index (χ0v) is 10.6. The van der Waals surface area contributed by atoms with Crippen LogP contribution in [0.1, 0.15) is 32.4 Å². The summed E-state index contributed by atoms with van der Waals surface area (Å²) >= 11 is 0. The van der Waals surface area contributed by atoms with Crippen molar-refractivity contribution in [1.82, 2.24) is 20.1 Å². The summed E-state index contributed by atoms with van der Waals surface area (Å²) in [6.07, 6.45) is 0. The summed E-state index contributed by atoms with van der Waals surface area (Å²) in [7, 11) is 0. The molecule has 1 atom stereocenters. The Hall–Kier alpha value is -0.940. The molecule has 0 bridgehead atoms. The third-order valence-electron chi connectivity index (χ3n) is 2.85. The van der Waals surface area contributed by atoms with E-state index in [0.29, 0.717) is 12.5 Å². The minimum absolute atomic E-state index is 0.113. The monoisotopic (exact) mass is 226 g/mol. The Morgan fingerprint density at radius 3 is 2.56 bits per heavy atom. The maximum absolute atomic E-state index is 9.20. The molecular weight excluding hydrogens is 204 g/mol. The molecule has 1 aromatic rings. The second-order valence-electron chi connectivity index (χ2n) is 4.32. The summed E-state index contributed by atoms with van der Waals surface area (Å²) in [5.41, 5.74) is 0. The van der Waals surface area contributed by atoms with Crippen molar-refractivity contribution in [2.24, 2.45) is 5.92 Å². The lowest BCUT2D eigenvalue weighted by Crippen LogP contribution is -2.37. The van der Waals surface area contributed by atoms with Crippen molar-refractivity contribution in [3.8, 4) is 0 Å². The second kappa shape index (κ2) is 5.96. The van der Waals surface area contributed by atoms with Gasteiger partial charge >= 0.3 is 0 Å². The maximum Gasteiger partial charge on any atom is 0.146 e. The van der Waals surface area contributed by atoms with Gasteiger partial charge in [0.05, 0.1) is 13.2 Å². The van der Waals surface area contributed by atoms with Crippen molar-refractivity contribution in [2.75, 3.05) is 6.61 Å². The van der Waals surface area contributed by atoms with Gasteiger partial charge in [0.15, 0.2) is 0 Å². The Bertz CT molecular complexity index is 322. The van der Waals surface area contributed by atoms with Crippen LogP contribution < -0.4 is 5.32 Å². The lowest BCUT2D eigenvalue weighted by molar-refractivity contribution is 0.209. The molecule has 0 aliphatic rings. The van der Waals surface area contributed by atoms with Crippen molar-refractivity contribution in [3.05, 3.63) is 11.6 Å². The minimum Gasteiger partial charge on any atom is -0.395 e. The molecule has 0 radical (unpaired) electrons. The quantitative estimate of drug-likeness (QED) is 0.750. The molecular formula is C11H22N4O. The fourth-order valence-corrected chi connectivity index (χ4v) is 1.70. The number of hydrogen-bond donors (Lipinski definition) is 2. The Kier molecular flexibility index (Phi) is 4.89. The molecule has 0 saturated heterocycles. The number of rotatable bonds is 6. The van der Waals surface area contributed by atoms with Crippen LogP contribution in [0, 0.1) is 12.8 Å². The van der Waals surface area contributed by atoms with Gasteiger partial charge in [-0.2, -0.15) is 0 Å². The van der Waals surface area contributed by atoms with Gasteiger partial charge in [-0.3, -0.25) is 0 Å². The van der Waals surface area contributed by atoms with E-state index in [1.165, 1.54) is 0 Å². The molecule has 1 rings (SSSR count). The van der Waals surface area contributed by atoms with Gasteiger partial charge < -0.3 is 15.0 Å². The van der Waals surface area contributed by atoms with E-state index < -0.39 is 0 Å². The van der Waals surface area contributed by atoms with Crippen LogP contribution >= 0.6 is 0 Å². The average Bonchev–Trinajstić information content (AvgIpc) is 2.59. The van der Waals surface area contributed by atoms with E-state index in [4.69, 9.17) is 0 Å². The molecule has 5 nitrogen and oxygen atoms in total. The van der Waals surface area contributed by atoms with Gasteiger partial charge in [0.1, 0.15) is 11.6 Å². The van der Waals surface area contributed by atoms with Gasteiger partial charge in [0.2, 0.25) is 0 Å². The Morgan fingerprint density at radius 2 is 2.06 bits per heavy atom. The highest BCUT2D eigenvalue weighted by atomic mass is 16.3. The van der Waals surface area contributed by atoms with Crippen molar-refractivity contribution < 1.29 is 5.11 Å². The SMILES string of the molecule is CCn1c(C)nnc1CN[C@H](CO)C(C)C. The summed E-state index contributed by atoms with van der Waals surface area (Å²) in [4.78, 5) is 0. The van der Waals surface area contributed by atoms with E-state index in [0.717, 1.165) is 18.2 Å². The average molecular weight is 226 g/mol. The predicted octanol–water partition coefficient (Wildman–Crippen LogP) is 0.713. The van der Waals surface area contributed by atoms with Crippen molar-refractivity contribution in [2.45, 2.75) is 46.8 Å². The van der Waals surface area contributed by atoms with E-state index in [-0.39, 0.29) is 12.6 Å². The van der Waals surface area contributed by atoms with Gasteiger partial charge in [-0.25, -0.2) is 0 Å². The van der Waals surface area contributed by atoms with Gasteiger partial charge in [0.25, 0.3) is 0 Å². The molecule has 1 heterocycles. The zero-order chi connectivity index (χ0) is 12.1. The van der Waals surface area contributed by atoms with Gasteiger partial charge in [0, 0.05) is 12.6 Å². The lowest BCUT2D eigenvalue weighted by Gasteiger charge is -2.19. The largest absolute Gasteiger partial charge is 0.395 e. The number of nitrogens with one attached hydrogen (secondary N) is 1. The van der Waals surface area contributed by atoms with E-state index in [2.05, 4.69) is 40.9 Å². The summed E-state index contributed by atoms with van der Waals surface area (Å²) in [5, 5.41) is 20.7. The van der Waals surface area contributed by atoms with Gasteiger partial charge in [-0.1, -0.05) is 13.8 Å². The van der Waals surface area contributed by atoms with Crippen LogP contribution in [-0.4, -0.2) is 32.5 Å². The number of aromatic nitrogens is 3. The standard InChI is InChI=1S/C11H22N4O/c1-5-15-9(4)13-14-11(15)6-12-10(7-16)8(2)3/h8,10,12,16H,5-7H2,1-4H3/t10-/m1/s1. The number of aliphatic hydroxyl groups is 1. The maximum atomic E-state index is 9.20. The van der Waals surface area contributed by atoms with Crippen molar-refractivity contribution in [3.63, 3.8) is 0 Å². The Balaban J connectivity index is 2.60. The molecule has 0 saturated carbocycles. The molecule has 0 fully saturated rings. The van der Waals surface area contributed by atoms with Crippen molar-refractivity contribution >= 4 is 0 Å². The molecule has 0 amide bonds. The predicted molar refractivity (Wildman–Crippen MR) is 63.0 cm³/mol. The lowest BCUT2D eigenvalue weighted by atomic mass is 10.1. The first kappa shape index (κ1) is 13.1. The number of nitrogens with zero attached hydrogens (tertiary/aromatic N) is 3. The Labute approximate surface area is 96.9 Å². The third-order valence-corrected chi connectivity index (χ3v) is 2.85. The summed E-state index contributed by atoms with van der Waals surface area (Å²) in [6.45, 7) is 9.88. The molecule has 16 heavy (non-hydrogen) atoms. The van der Waals surface area contributed by atoms with Crippen LogP contribution in [0.3, 0.4) is 0 Å². The first-order valence-corrected chi connectivity index (χ1v) is 5.83. The van der Waals surface area contributed by atoms with E-state index in [1.54, 1.807) is 0 Å². The smallest absolute Gasteiger partial charge is 0.146 e. The van der Waals surface area contributed by atoms with Crippen LogP contribution in [-0.2, 0) is 13.1 Å². The highest BCUT2D eigenvalue weighted by Crippen LogP contribution is 2.04. The van der Waals surface area contributed by atoms with Crippen LogP contribution in [0.4, 0.5) is 0 Å². The molecule has 0 spiro atoms. The normalized spacial score (nSPS) is 13.4. The molecule has 0 unspecified atom stereocenters. The van der Waals surface area contributed by atoms with E-state index in [9.17, 15) is 5.11 Å². The topological polar surface area (TPSA) is 63.0 Å². The fraction of sp³-hybridized carbons (Fsp3) is 0.818. The molecule has 2 N–H and O–H groups in total.